The summed E-state index contributed by atoms with van der Waals surface area (Å²) in [4.78, 5) is 17.9. The molecule has 6 nitrogen and oxygen atoms in total. The van der Waals surface area contributed by atoms with Crippen molar-refractivity contribution in [1.82, 2.24) is 9.80 Å². The van der Waals surface area contributed by atoms with E-state index in [0.29, 0.717) is 30.2 Å². The van der Waals surface area contributed by atoms with E-state index in [1.807, 2.05) is 4.90 Å². The van der Waals surface area contributed by atoms with Crippen LogP contribution in [0.15, 0.2) is 40.8 Å². The summed E-state index contributed by atoms with van der Waals surface area (Å²) in [5.74, 6) is 1.17. The number of methoxy groups -OCH3 is 1. The monoisotopic (exact) mass is 438 g/mol. The molecule has 2 aromatic rings. The Morgan fingerprint density at radius 2 is 1.81 bits per heavy atom. The topological polar surface area (TPSA) is 55.2 Å². The first-order chi connectivity index (χ1) is 15.7. The second-order valence-corrected chi connectivity index (χ2v) is 9.48. The van der Waals surface area contributed by atoms with Gasteiger partial charge in [0.2, 0.25) is 0 Å². The number of amides is 1. The van der Waals surface area contributed by atoms with Crippen LogP contribution < -0.4 is 4.74 Å². The molecule has 32 heavy (non-hydrogen) atoms. The number of piperidine rings is 1. The number of hydrogen-bond donors (Lipinski definition) is 0. The Morgan fingerprint density at radius 1 is 1.06 bits per heavy atom. The molecule has 0 unspecified atom stereocenters. The number of nitrogens with zero attached hydrogens (tertiary/aromatic N) is 2. The van der Waals surface area contributed by atoms with Crippen LogP contribution in [-0.4, -0.2) is 67.7 Å². The lowest BCUT2D eigenvalue weighted by molar-refractivity contribution is 0.0405. The Kier molecular flexibility index (Phi) is 6.51. The summed E-state index contributed by atoms with van der Waals surface area (Å²) >= 11 is 0. The van der Waals surface area contributed by atoms with Crippen LogP contribution in [0.4, 0.5) is 0 Å². The Morgan fingerprint density at radius 3 is 2.44 bits per heavy atom. The van der Waals surface area contributed by atoms with Gasteiger partial charge in [-0.15, -0.1) is 0 Å². The van der Waals surface area contributed by atoms with Gasteiger partial charge in [-0.3, -0.25) is 9.69 Å². The molecule has 1 amide bonds. The third kappa shape index (κ3) is 4.71. The van der Waals surface area contributed by atoms with Gasteiger partial charge in [-0.1, -0.05) is 24.3 Å². The molecule has 3 aliphatic rings. The fraction of sp³-hybridized carbons (Fsp3) is 0.577. The first-order valence-corrected chi connectivity index (χ1v) is 12.0. The summed E-state index contributed by atoms with van der Waals surface area (Å²) in [5.41, 5.74) is 3.03. The van der Waals surface area contributed by atoms with E-state index in [-0.39, 0.29) is 12.0 Å². The van der Waals surface area contributed by atoms with Crippen LogP contribution in [-0.2, 0) is 17.6 Å². The van der Waals surface area contributed by atoms with Crippen molar-refractivity contribution in [1.29, 1.82) is 0 Å². The molecular formula is C26H34N2O4. The van der Waals surface area contributed by atoms with E-state index < -0.39 is 0 Å². The highest BCUT2D eigenvalue weighted by Gasteiger charge is 2.32. The summed E-state index contributed by atoms with van der Waals surface area (Å²) in [5, 5.41) is 0. The number of furan rings is 1. The minimum absolute atomic E-state index is 0.0579. The molecule has 0 saturated carbocycles. The van der Waals surface area contributed by atoms with Crippen LogP contribution >= 0.6 is 0 Å². The summed E-state index contributed by atoms with van der Waals surface area (Å²) < 4.78 is 16.5. The lowest BCUT2D eigenvalue weighted by Gasteiger charge is -2.38. The van der Waals surface area contributed by atoms with Crippen molar-refractivity contribution in [2.75, 3.05) is 39.9 Å². The third-order valence-electron chi connectivity index (χ3n) is 7.40. The minimum atomic E-state index is -0.0579. The standard InChI is InChI=1S/C26H34N2O4/c1-30-25-9-8-24(32-25)26(29)28(18-23-7-4-14-31-23)17-19-10-12-27(13-11-19)22-15-20-5-2-3-6-21(20)16-22/h2-3,5-6,8-9,19,22-23H,4,7,10-18H2,1H3/t23-/m0/s1. The molecule has 5 rings (SSSR count). The number of rotatable bonds is 7. The molecule has 0 N–H and O–H groups in total. The van der Waals surface area contributed by atoms with Gasteiger partial charge in [0.1, 0.15) is 0 Å². The average molecular weight is 439 g/mol. The quantitative estimate of drug-likeness (QED) is 0.658. The molecule has 3 heterocycles. The highest BCUT2D eigenvalue weighted by atomic mass is 16.6. The zero-order valence-corrected chi connectivity index (χ0v) is 19.0. The molecule has 0 radical (unpaired) electrons. The third-order valence-corrected chi connectivity index (χ3v) is 7.40. The number of likely N-dealkylation sites (tertiary alicyclic amines) is 1. The molecule has 0 spiro atoms. The van der Waals surface area contributed by atoms with Gasteiger partial charge in [0.15, 0.2) is 5.76 Å². The molecule has 1 atom stereocenters. The van der Waals surface area contributed by atoms with Gasteiger partial charge in [-0.05, 0) is 74.7 Å². The van der Waals surface area contributed by atoms with Crippen molar-refractivity contribution < 1.29 is 18.7 Å². The number of benzene rings is 1. The number of carbonyl (C=O) groups excluding carboxylic acids is 1. The van der Waals surface area contributed by atoms with Crippen molar-refractivity contribution in [3.05, 3.63) is 53.3 Å². The van der Waals surface area contributed by atoms with Crippen LogP contribution in [0.5, 0.6) is 5.95 Å². The van der Waals surface area contributed by atoms with Crippen molar-refractivity contribution >= 4 is 5.91 Å². The fourth-order valence-electron chi connectivity index (χ4n) is 5.58. The van der Waals surface area contributed by atoms with Crippen LogP contribution in [0.1, 0.15) is 47.4 Å². The first kappa shape index (κ1) is 21.5. The summed E-state index contributed by atoms with van der Waals surface area (Å²) in [6.45, 7) is 4.42. The van der Waals surface area contributed by atoms with E-state index >= 15 is 0 Å². The Labute approximate surface area is 190 Å². The number of hydrogen-bond acceptors (Lipinski definition) is 5. The van der Waals surface area contributed by atoms with E-state index in [2.05, 4.69) is 29.2 Å². The molecule has 1 aliphatic carbocycles. The van der Waals surface area contributed by atoms with Gasteiger partial charge in [-0.25, -0.2) is 0 Å². The number of carbonyl (C=O) groups is 1. The molecule has 172 valence electrons. The average Bonchev–Trinajstić information content (AvgIpc) is 3.59. The normalized spacial score (nSPS) is 22.2. The van der Waals surface area contributed by atoms with Crippen LogP contribution in [0.3, 0.4) is 0 Å². The lowest BCUT2D eigenvalue weighted by atomic mass is 9.94. The number of fused-ring (bicyclic) bond motifs is 1. The minimum Gasteiger partial charge on any atom is -0.468 e. The maximum atomic E-state index is 13.2. The molecular weight excluding hydrogens is 404 g/mol. The molecule has 1 aromatic carbocycles. The number of ether oxygens (including phenoxy) is 2. The zero-order valence-electron chi connectivity index (χ0n) is 19.0. The van der Waals surface area contributed by atoms with Gasteiger partial charge in [0.25, 0.3) is 11.9 Å². The summed E-state index contributed by atoms with van der Waals surface area (Å²) in [6.07, 6.45) is 6.82. The van der Waals surface area contributed by atoms with Crippen molar-refractivity contribution in [2.24, 2.45) is 5.92 Å². The van der Waals surface area contributed by atoms with Crippen molar-refractivity contribution in [2.45, 2.75) is 50.7 Å². The second-order valence-electron chi connectivity index (χ2n) is 9.48. The van der Waals surface area contributed by atoms with Crippen molar-refractivity contribution in [3.8, 4) is 5.95 Å². The van der Waals surface area contributed by atoms with E-state index in [1.165, 1.54) is 24.0 Å². The van der Waals surface area contributed by atoms with E-state index in [4.69, 9.17) is 13.9 Å². The van der Waals surface area contributed by atoms with Crippen LogP contribution in [0.25, 0.3) is 0 Å². The highest BCUT2D eigenvalue weighted by Crippen LogP contribution is 2.29. The molecule has 6 heteroatoms. The smallest absolute Gasteiger partial charge is 0.289 e. The fourth-order valence-corrected chi connectivity index (χ4v) is 5.58. The molecule has 2 aliphatic heterocycles. The highest BCUT2D eigenvalue weighted by molar-refractivity contribution is 5.91. The lowest BCUT2D eigenvalue weighted by Crippen LogP contribution is -2.46. The predicted molar refractivity (Wildman–Crippen MR) is 122 cm³/mol. The Hall–Kier alpha value is -2.31. The SMILES string of the molecule is COc1ccc(C(=O)N(CC2CCN(C3Cc4ccccc4C3)CC2)C[C@@H]2CCCO2)o1. The van der Waals surface area contributed by atoms with Crippen LogP contribution in [0, 0.1) is 5.92 Å². The Balaban J connectivity index is 1.19. The van der Waals surface area contributed by atoms with Crippen LogP contribution in [0.2, 0.25) is 0 Å². The van der Waals surface area contributed by atoms with Gasteiger partial charge < -0.3 is 18.8 Å². The van der Waals surface area contributed by atoms with Crippen molar-refractivity contribution in [3.63, 3.8) is 0 Å². The van der Waals surface area contributed by atoms with E-state index in [0.717, 1.165) is 51.9 Å². The summed E-state index contributed by atoms with van der Waals surface area (Å²) in [6, 6.07) is 12.9. The van der Waals surface area contributed by atoms with Gasteiger partial charge in [0.05, 0.1) is 13.2 Å². The molecule has 1 aromatic heterocycles. The van der Waals surface area contributed by atoms with Gasteiger partial charge in [0, 0.05) is 31.8 Å². The maximum Gasteiger partial charge on any atom is 0.289 e. The Bertz CT molecular complexity index is 887. The van der Waals surface area contributed by atoms with E-state index in [9.17, 15) is 4.79 Å². The van der Waals surface area contributed by atoms with Gasteiger partial charge in [-0.2, -0.15) is 0 Å². The van der Waals surface area contributed by atoms with E-state index in [1.54, 1.807) is 19.2 Å². The maximum absolute atomic E-state index is 13.2. The molecule has 2 saturated heterocycles. The summed E-state index contributed by atoms with van der Waals surface area (Å²) in [7, 11) is 1.55. The largest absolute Gasteiger partial charge is 0.468 e. The molecule has 2 fully saturated rings. The zero-order chi connectivity index (χ0) is 21.9. The first-order valence-electron chi connectivity index (χ1n) is 12.0. The molecule has 0 bridgehead atoms. The van der Waals surface area contributed by atoms with Gasteiger partial charge >= 0.3 is 0 Å². The predicted octanol–water partition coefficient (Wildman–Crippen LogP) is 3.79. The second kappa shape index (κ2) is 9.67.